The maximum Gasteiger partial charge on any atom is 0.318 e. The third kappa shape index (κ3) is 4.13. The fraction of sp³-hybridized carbons (Fsp3) is 0.500. The number of rotatable bonds is 5. The topological polar surface area (TPSA) is 72.9 Å². The molecule has 0 aromatic heterocycles. The smallest absolute Gasteiger partial charge is 0.318 e. The van der Waals surface area contributed by atoms with Crippen molar-refractivity contribution in [2.75, 3.05) is 14.1 Å². The first kappa shape index (κ1) is 16.1. The normalized spacial score (nSPS) is 15.0. The van der Waals surface area contributed by atoms with Gasteiger partial charge in [0.25, 0.3) is 0 Å². The van der Waals surface area contributed by atoms with Crippen LogP contribution in [-0.4, -0.2) is 53.0 Å². The number of hydrogen-bond acceptors (Lipinski definition) is 3. The molecular weight excluding hydrogens is 282 g/mol. The minimum Gasteiger partial charge on any atom is -0.508 e. The Labute approximate surface area is 130 Å². The molecule has 0 spiro atoms. The van der Waals surface area contributed by atoms with Gasteiger partial charge >= 0.3 is 6.03 Å². The molecule has 120 valence electrons. The monoisotopic (exact) mass is 305 g/mol. The average molecular weight is 305 g/mol. The molecule has 22 heavy (non-hydrogen) atoms. The van der Waals surface area contributed by atoms with Crippen LogP contribution in [0, 0.1) is 0 Å². The number of amides is 3. The van der Waals surface area contributed by atoms with Crippen molar-refractivity contribution in [2.45, 2.75) is 38.4 Å². The van der Waals surface area contributed by atoms with E-state index in [1.807, 2.05) is 6.07 Å². The molecule has 0 bridgehead atoms. The van der Waals surface area contributed by atoms with E-state index >= 15 is 0 Å². The van der Waals surface area contributed by atoms with Crippen LogP contribution in [-0.2, 0) is 11.3 Å². The zero-order valence-electron chi connectivity index (χ0n) is 13.2. The maximum atomic E-state index is 12.4. The predicted octanol–water partition coefficient (Wildman–Crippen LogP) is 1.54. The summed E-state index contributed by atoms with van der Waals surface area (Å²) in [6, 6.07) is 6.29. The summed E-state index contributed by atoms with van der Waals surface area (Å²) >= 11 is 0. The number of carbonyl (C=O) groups is 2. The van der Waals surface area contributed by atoms with Crippen LogP contribution in [0.2, 0.25) is 0 Å². The summed E-state index contributed by atoms with van der Waals surface area (Å²) < 4.78 is 0. The van der Waals surface area contributed by atoms with Gasteiger partial charge in [-0.2, -0.15) is 0 Å². The molecule has 2 N–H and O–H groups in total. The summed E-state index contributed by atoms with van der Waals surface area (Å²) in [6.45, 7) is 2.10. The summed E-state index contributed by atoms with van der Waals surface area (Å²) in [4.78, 5) is 27.5. The lowest BCUT2D eigenvalue weighted by atomic mass is 10.2. The Morgan fingerprint density at radius 1 is 1.36 bits per heavy atom. The number of benzene rings is 1. The second-order valence-electron chi connectivity index (χ2n) is 5.93. The Hall–Kier alpha value is -2.24. The van der Waals surface area contributed by atoms with Gasteiger partial charge in [-0.05, 0) is 37.5 Å². The van der Waals surface area contributed by atoms with E-state index in [0.29, 0.717) is 6.54 Å². The van der Waals surface area contributed by atoms with Crippen molar-refractivity contribution in [3.8, 4) is 5.75 Å². The Morgan fingerprint density at radius 3 is 2.59 bits per heavy atom. The zero-order valence-corrected chi connectivity index (χ0v) is 13.2. The van der Waals surface area contributed by atoms with Gasteiger partial charge in [-0.1, -0.05) is 12.1 Å². The van der Waals surface area contributed by atoms with Crippen LogP contribution in [0.4, 0.5) is 4.79 Å². The summed E-state index contributed by atoms with van der Waals surface area (Å²) in [6.07, 6.45) is 1.95. The highest BCUT2D eigenvalue weighted by Gasteiger charge is 2.33. The van der Waals surface area contributed by atoms with E-state index in [-0.39, 0.29) is 23.7 Å². The third-order valence-corrected chi connectivity index (χ3v) is 3.66. The lowest BCUT2D eigenvalue weighted by Gasteiger charge is -2.26. The molecule has 1 aliphatic carbocycles. The minimum absolute atomic E-state index is 0.138. The molecule has 1 aromatic carbocycles. The van der Waals surface area contributed by atoms with Crippen molar-refractivity contribution < 1.29 is 14.7 Å². The Balaban J connectivity index is 2.02. The molecule has 1 atom stereocenters. The number of urea groups is 1. The summed E-state index contributed by atoms with van der Waals surface area (Å²) in [5, 5.41) is 12.3. The molecule has 1 saturated carbocycles. The second kappa shape index (κ2) is 6.68. The van der Waals surface area contributed by atoms with Crippen molar-refractivity contribution in [3.05, 3.63) is 29.8 Å². The first-order valence-electron chi connectivity index (χ1n) is 7.44. The van der Waals surface area contributed by atoms with Gasteiger partial charge < -0.3 is 20.2 Å². The van der Waals surface area contributed by atoms with Crippen LogP contribution in [0.1, 0.15) is 25.3 Å². The number of phenols is 1. The lowest BCUT2D eigenvalue weighted by molar-refractivity contribution is -0.130. The molecule has 6 heteroatoms. The highest BCUT2D eigenvalue weighted by atomic mass is 16.3. The van der Waals surface area contributed by atoms with Gasteiger partial charge in [0.1, 0.15) is 11.8 Å². The first-order chi connectivity index (χ1) is 10.4. The number of likely N-dealkylation sites (N-methyl/N-ethyl adjacent to an activating group) is 1. The highest BCUT2D eigenvalue weighted by Crippen LogP contribution is 2.29. The Morgan fingerprint density at radius 2 is 2.05 bits per heavy atom. The van der Waals surface area contributed by atoms with Crippen molar-refractivity contribution >= 4 is 11.9 Å². The van der Waals surface area contributed by atoms with Gasteiger partial charge in [0.05, 0.1) is 0 Å². The van der Waals surface area contributed by atoms with Gasteiger partial charge in [0.15, 0.2) is 0 Å². The highest BCUT2D eigenvalue weighted by molar-refractivity contribution is 5.86. The number of phenolic OH excluding ortho intramolecular Hbond substituents is 1. The van der Waals surface area contributed by atoms with Crippen molar-refractivity contribution in [3.63, 3.8) is 0 Å². The molecule has 0 aliphatic heterocycles. The van der Waals surface area contributed by atoms with Crippen LogP contribution in [0.5, 0.6) is 5.75 Å². The van der Waals surface area contributed by atoms with Gasteiger partial charge in [-0.25, -0.2) is 4.79 Å². The van der Waals surface area contributed by atoms with E-state index in [9.17, 15) is 14.7 Å². The lowest BCUT2D eigenvalue weighted by Crippen LogP contribution is -2.49. The molecule has 1 aromatic rings. The number of nitrogens with one attached hydrogen (secondary N) is 1. The fourth-order valence-electron chi connectivity index (χ4n) is 2.32. The van der Waals surface area contributed by atoms with Gasteiger partial charge in [0, 0.05) is 26.7 Å². The second-order valence-corrected chi connectivity index (χ2v) is 5.93. The molecule has 6 nitrogen and oxygen atoms in total. The molecule has 3 amide bonds. The Kier molecular flexibility index (Phi) is 4.90. The average Bonchev–Trinajstić information content (AvgIpc) is 3.28. The van der Waals surface area contributed by atoms with E-state index in [1.54, 1.807) is 44.1 Å². The third-order valence-electron chi connectivity index (χ3n) is 3.66. The molecule has 0 heterocycles. The van der Waals surface area contributed by atoms with Crippen molar-refractivity contribution in [1.82, 2.24) is 15.1 Å². The van der Waals surface area contributed by atoms with E-state index < -0.39 is 6.04 Å². The minimum atomic E-state index is -0.562. The standard InChI is InChI=1S/C16H23N3O3/c1-11(15(21)18(2)3)17-16(22)19(13-7-8-13)10-12-5-4-6-14(20)9-12/h4-6,9,11,13,20H,7-8,10H2,1-3H3,(H,17,22)/t11-/m0/s1. The van der Waals surface area contributed by atoms with E-state index in [0.717, 1.165) is 18.4 Å². The number of hydrogen-bond donors (Lipinski definition) is 2. The van der Waals surface area contributed by atoms with Gasteiger partial charge in [0.2, 0.25) is 5.91 Å². The van der Waals surface area contributed by atoms with E-state index in [2.05, 4.69) is 5.32 Å². The quantitative estimate of drug-likeness (QED) is 0.867. The van der Waals surface area contributed by atoms with E-state index in [1.165, 1.54) is 4.90 Å². The summed E-state index contributed by atoms with van der Waals surface area (Å²) in [5.41, 5.74) is 0.869. The largest absolute Gasteiger partial charge is 0.508 e. The van der Waals surface area contributed by atoms with Gasteiger partial charge in [-0.3, -0.25) is 4.79 Å². The molecule has 0 radical (unpaired) electrons. The first-order valence-corrected chi connectivity index (χ1v) is 7.44. The molecule has 1 fully saturated rings. The fourth-order valence-corrected chi connectivity index (χ4v) is 2.32. The molecule has 0 unspecified atom stereocenters. The maximum absolute atomic E-state index is 12.4. The van der Waals surface area contributed by atoms with Crippen molar-refractivity contribution in [1.29, 1.82) is 0 Å². The van der Waals surface area contributed by atoms with Crippen LogP contribution < -0.4 is 5.32 Å². The molecule has 0 saturated heterocycles. The Bertz CT molecular complexity index is 555. The van der Waals surface area contributed by atoms with Crippen LogP contribution >= 0.6 is 0 Å². The molecule has 1 aliphatic rings. The summed E-state index contributed by atoms with van der Waals surface area (Å²) in [7, 11) is 3.33. The number of nitrogens with zero attached hydrogens (tertiary/aromatic N) is 2. The van der Waals surface area contributed by atoms with Crippen molar-refractivity contribution in [2.24, 2.45) is 0 Å². The predicted molar refractivity (Wildman–Crippen MR) is 83.4 cm³/mol. The zero-order chi connectivity index (χ0) is 16.3. The summed E-state index contributed by atoms with van der Waals surface area (Å²) in [5.74, 6) is 0.0475. The number of aromatic hydroxyl groups is 1. The molecular formula is C16H23N3O3. The SMILES string of the molecule is C[C@H](NC(=O)N(Cc1cccc(O)c1)C1CC1)C(=O)N(C)C. The van der Waals surface area contributed by atoms with Crippen LogP contribution in [0.25, 0.3) is 0 Å². The molecule has 2 rings (SSSR count). The van der Waals surface area contributed by atoms with Gasteiger partial charge in [-0.15, -0.1) is 0 Å². The number of carbonyl (C=O) groups excluding carboxylic acids is 2. The van der Waals surface area contributed by atoms with Crippen LogP contribution in [0.15, 0.2) is 24.3 Å². The van der Waals surface area contributed by atoms with Crippen LogP contribution in [0.3, 0.4) is 0 Å². The van der Waals surface area contributed by atoms with E-state index in [4.69, 9.17) is 0 Å².